The molecule has 2 N–H and O–H groups in total. The molecule has 122 valence electrons. The van der Waals surface area contributed by atoms with Gasteiger partial charge in [0, 0.05) is 42.1 Å². The topological polar surface area (TPSA) is 64.2 Å². The SMILES string of the molecule is CN(C)c1ccc(C(=O)n2cc(-c3ccc(Cl)cc3)c(N)n2)cc1. The van der Waals surface area contributed by atoms with Crippen LogP contribution in [0.25, 0.3) is 11.1 Å². The van der Waals surface area contributed by atoms with Crippen LogP contribution >= 0.6 is 11.6 Å². The Labute approximate surface area is 145 Å². The summed E-state index contributed by atoms with van der Waals surface area (Å²) in [5.41, 5.74) is 9.10. The number of hydrogen-bond acceptors (Lipinski definition) is 4. The Hall–Kier alpha value is -2.79. The highest BCUT2D eigenvalue weighted by Crippen LogP contribution is 2.26. The maximum atomic E-state index is 12.6. The quantitative estimate of drug-likeness (QED) is 0.792. The van der Waals surface area contributed by atoms with E-state index in [0.29, 0.717) is 22.0 Å². The Bertz CT molecular complexity index is 867. The number of nitrogens with two attached hydrogens (primary N) is 1. The molecule has 5 nitrogen and oxygen atoms in total. The Morgan fingerprint density at radius 1 is 1.08 bits per heavy atom. The van der Waals surface area contributed by atoms with Crippen LogP contribution in [0.3, 0.4) is 0 Å². The fourth-order valence-electron chi connectivity index (χ4n) is 2.38. The van der Waals surface area contributed by atoms with Crippen molar-refractivity contribution in [1.29, 1.82) is 0 Å². The van der Waals surface area contributed by atoms with Crippen LogP contribution in [0.15, 0.2) is 54.7 Å². The first-order valence-corrected chi connectivity index (χ1v) is 7.76. The normalized spacial score (nSPS) is 10.6. The third kappa shape index (κ3) is 3.12. The lowest BCUT2D eigenvalue weighted by Gasteiger charge is -2.12. The van der Waals surface area contributed by atoms with Gasteiger partial charge in [0.05, 0.1) is 0 Å². The minimum Gasteiger partial charge on any atom is -0.382 e. The molecule has 0 aliphatic rings. The highest BCUT2D eigenvalue weighted by molar-refractivity contribution is 6.30. The first-order valence-electron chi connectivity index (χ1n) is 7.39. The van der Waals surface area contributed by atoms with Crippen LogP contribution < -0.4 is 10.6 Å². The number of carbonyl (C=O) groups is 1. The summed E-state index contributed by atoms with van der Waals surface area (Å²) in [5, 5.41) is 4.79. The molecule has 0 aliphatic heterocycles. The summed E-state index contributed by atoms with van der Waals surface area (Å²) in [7, 11) is 3.90. The van der Waals surface area contributed by atoms with Crippen LogP contribution in [-0.4, -0.2) is 29.8 Å². The second kappa shape index (κ2) is 6.37. The fraction of sp³-hybridized carbons (Fsp3) is 0.111. The molecule has 0 saturated heterocycles. The number of anilines is 2. The number of hydrogen-bond donors (Lipinski definition) is 1. The van der Waals surface area contributed by atoms with Crippen LogP contribution in [-0.2, 0) is 0 Å². The van der Waals surface area contributed by atoms with Gasteiger partial charge in [-0.05, 0) is 42.0 Å². The number of carbonyl (C=O) groups excluding carboxylic acids is 1. The van der Waals surface area contributed by atoms with E-state index in [-0.39, 0.29) is 5.91 Å². The van der Waals surface area contributed by atoms with Crippen molar-refractivity contribution in [3.63, 3.8) is 0 Å². The summed E-state index contributed by atoms with van der Waals surface area (Å²) in [5.74, 6) is 0.0720. The molecule has 0 unspecified atom stereocenters. The molecule has 24 heavy (non-hydrogen) atoms. The summed E-state index contributed by atoms with van der Waals surface area (Å²) >= 11 is 5.90. The van der Waals surface area contributed by atoms with Crippen molar-refractivity contribution in [2.24, 2.45) is 0 Å². The predicted molar refractivity (Wildman–Crippen MR) is 97.6 cm³/mol. The molecule has 0 atom stereocenters. The third-order valence-corrected chi connectivity index (χ3v) is 3.99. The highest BCUT2D eigenvalue weighted by atomic mass is 35.5. The van der Waals surface area contributed by atoms with Gasteiger partial charge in [-0.3, -0.25) is 4.79 Å². The van der Waals surface area contributed by atoms with E-state index in [1.165, 1.54) is 4.68 Å². The molecule has 0 fully saturated rings. The summed E-state index contributed by atoms with van der Waals surface area (Å²) in [4.78, 5) is 14.6. The van der Waals surface area contributed by atoms with Gasteiger partial charge in [-0.15, -0.1) is 5.10 Å². The van der Waals surface area contributed by atoms with E-state index in [4.69, 9.17) is 17.3 Å². The average Bonchev–Trinajstić information content (AvgIpc) is 2.97. The van der Waals surface area contributed by atoms with E-state index in [9.17, 15) is 4.79 Å². The van der Waals surface area contributed by atoms with E-state index in [1.54, 1.807) is 30.5 Å². The van der Waals surface area contributed by atoms with Crippen molar-refractivity contribution in [2.75, 3.05) is 24.7 Å². The molecule has 0 amide bonds. The van der Waals surface area contributed by atoms with Gasteiger partial charge in [-0.25, -0.2) is 4.68 Å². The van der Waals surface area contributed by atoms with Gasteiger partial charge >= 0.3 is 0 Å². The largest absolute Gasteiger partial charge is 0.382 e. The zero-order valence-corrected chi connectivity index (χ0v) is 14.2. The van der Waals surface area contributed by atoms with Crippen molar-refractivity contribution >= 4 is 29.0 Å². The number of aromatic nitrogens is 2. The minimum atomic E-state index is -0.229. The number of benzene rings is 2. The lowest BCUT2D eigenvalue weighted by atomic mass is 10.1. The zero-order valence-electron chi connectivity index (χ0n) is 13.4. The van der Waals surface area contributed by atoms with Gasteiger partial charge in [0.2, 0.25) is 0 Å². The van der Waals surface area contributed by atoms with Crippen LogP contribution in [0.5, 0.6) is 0 Å². The number of rotatable bonds is 3. The molecule has 3 rings (SSSR count). The average molecular weight is 341 g/mol. The fourth-order valence-corrected chi connectivity index (χ4v) is 2.50. The summed E-state index contributed by atoms with van der Waals surface area (Å²) in [6, 6.07) is 14.6. The molecule has 3 aromatic rings. The molecule has 0 spiro atoms. The lowest BCUT2D eigenvalue weighted by Crippen LogP contribution is -2.13. The van der Waals surface area contributed by atoms with Gasteiger partial charge in [0.15, 0.2) is 5.82 Å². The first-order chi connectivity index (χ1) is 11.5. The molecule has 1 heterocycles. The predicted octanol–water partition coefficient (Wildman–Crippen LogP) is 3.54. The highest BCUT2D eigenvalue weighted by Gasteiger charge is 2.14. The van der Waals surface area contributed by atoms with Gasteiger partial charge in [0.25, 0.3) is 5.91 Å². The molecule has 0 radical (unpaired) electrons. The van der Waals surface area contributed by atoms with E-state index in [0.717, 1.165) is 11.3 Å². The van der Waals surface area contributed by atoms with E-state index >= 15 is 0 Å². The second-order valence-electron chi connectivity index (χ2n) is 5.63. The van der Waals surface area contributed by atoms with E-state index in [1.807, 2.05) is 43.3 Å². The summed E-state index contributed by atoms with van der Waals surface area (Å²) < 4.78 is 1.27. The van der Waals surface area contributed by atoms with Crippen molar-refractivity contribution in [3.8, 4) is 11.1 Å². The van der Waals surface area contributed by atoms with Crippen molar-refractivity contribution < 1.29 is 4.79 Å². The first kappa shape index (κ1) is 16.1. The number of nitrogen functional groups attached to an aromatic ring is 1. The maximum Gasteiger partial charge on any atom is 0.278 e. The van der Waals surface area contributed by atoms with Crippen LogP contribution in [0.4, 0.5) is 11.5 Å². The van der Waals surface area contributed by atoms with Crippen LogP contribution in [0.2, 0.25) is 5.02 Å². The Balaban J connectivity index is 1.91. The molecular formula is C18H17ClN4O. The van der Waals surface area contributed by atoms with Gasteiger partial charge in [-0.2, -0.15) is 0 Å². The standard InChI is InChI=1S/C18H17ClN4O/c1-22(2)15-9-5-13(6-10-15)18(24)23-11-16(17(20)21-23)12-3-7-14(19)8-4-12/h3-11H,1-2H3,(H2,20,21). The Kier molecular flexibility index (Phi) is 4.27. The monoisotopic (exact) mass is 340 g/mol. The molecular weight excluding hydrogens is 324 g/mol. The summed E-state index contributed by atoms with van der Waals surface area (Å²) in [6.45, 7) is 0. The molecule has 2 aromatic carbocycles. The van der Waals surface area contributed by atoms with E-state index < -0.39 is 0 Å². The van der Waals surface area contributed by atoms with Crippen molar-refractivity contribution in [1.82, 2.24) is 9.78 Å². The van der Waals surface area contributed by atoms with E-state index in [2.05, 4.69) is 5.10 Å². The smallest absolute Gasteiger partial charge is 0.278 e. The van der Waals surface area contributed by atoms with Gasteiger partial charge in [-0.1, -0.05) is 23.7 Å². The third-order valence-electron chi connectivity index (χ3n) is 3.74. The van der Waals surface area contributed by atoms with Crippen LogP contribution in [0, 0.1) is 0 Å². The molecule has 1 aromatic heterocycles. The Morgan fingerprint density at radius 3 is 2.29 bits per heavy atom. The maximum absolute atomic E-state index is 12.6. The molecule has 6 heteroatoms. The number of nitrogens with zero attached hydrogens (tertiary/aromatic N) is 3. The zero-order chi connectivity index (χ0) is 17.3. The minimum absolute atomic E-state index is 0.229. The molecule has 0 aliphatic carbocycles. The number of halogens is 1. The van der Waals surface area contributed by atoms with Crippen molar-refractivity contribution in [2.45, 2.75) is 0 Å². The summed E-state index contributed by atoms with van der Waals surface area (Å²) in [6.07, 6.45) is 1.64. The van der Waals surface area contributed by atoms with Crippen molar-refractivity contribution in [3.05, 3.63) is 65.3 Å². The lowest BCUT2D eigenvalue weighted by molar-refractivity contribution is 0.0945. The molecule has 0 bridgehead atoms. The second-order valence-corrected chi connectivity index (χ2v) is 6.06. The molecule has 0 saturated carbocycles. The van der Waals surface area contributed by atoms with Gasteiger partial charge in [0.1, 0.15) is 0 Å². The van der Waals surface area contributed by atoms with Crippen LogP contribution in [0.1, 0.15) is 10.4 Å². The Morgan fingerprint density at radius 2 is 1.71 bits per heavy atom. The van der Waals surface area contributed by atoms with Gasteiger partial charge < -0.3 is 10.6 Å².